The molecule has 1 aromatic rings. The third-order valence-corrected chi connectivity index (χ3v) is 2.80. The molecule has 5 nitrogen and oxygen atoms in total. The topological polar surface area (TPSA) is 90.2 Å². The minimum absolute atomic E-state index is 0.0492. The number of benzene rings is 1. The molecule has 0 radical (unpaired) electrons. The largest absolute Gasteiger partial charge is 0.508 e. The Kier molecular flexibility index (Phi) is 14.8. The van der Waals surface area contributed by atoms with Crippen molar-refractivity contribution < 1.29 is 25.2 Å². The Morgan fingerprint density at radius 3 is 2.12 bits per heavy atom. The Hall–Kier alpha value is -2.56. The van der Waals surface area contributed by atoms with Crippen LogP contribution < -0.4 is 4.74 Å². The maximum atomic E-state index is 9.40. The maximum Gasteiger partial charge on any atom is 0.149 e. The molecule has 0 fully saturated rings. The van der Waals surface area contributed by atoms with Crippen molar-refractivity contribution in [2.75, 3.05) is 6.61 Å². The third kappa shape index (κ3) is 11.6. The van der Waals surface area contributed by atoms with Crippen LogP contribution in [0.2, 0.25) is 0 Å². The number of aliphatic hydroxyl groups excluding tert-OH is 2. The van der Waals surface area contributed by atoms with Gasteiger partial charge in [0.15, 0.2) is 0 Å². The number of phenols is 2. The predicted molar refractivity (Wildman–Crippen MR) is 104 cm³/mol. The van der Waals surface area contributed by atoms with E-state index < -0.39 is 0 Å². The molecule has 1 heterocycles. The molecule has 2 rings (SSSR count). The van der Waals surface area contributed by atoms with Crippen molar-refractivity contribution >= 4 is 0 Å². The number of aliphatic hydroxyl groups is 2. The van der Waals surface area contributed by atoms with Gasteiger partial charge < -0.3 is 25.2 Å². The van der Waals surface area contributed by atoms with Crippen molar-refractivity contribution in [2.45, 2.75) is 47.0 Å². The highest BCUT2D eigenvalue weighted by Crippen LogP contribution is 2.35. The van der Waals surface area contributed by atoms with Gasteiger partial charge in [0, 0.05) is 17.7 Å². The molecular formula is C20H32O5. The van der Waals surface area contributed by atoms with E-state index >= 15 is 0 Å². The molecule has 1 aliphatic heterocycles. The normalized spacial score (nSPS) is 11.2. The van der Waals surface area contributed by atoms with E-state index in [-0.39, 0.29) is 23.0 Å². The van der Waals surface area contributed by atoms with Gasteiger partial charge in [-0.2, -0.15) is 0 Å². The summed E-state index contributed by atoms with van der Waals surface area (Å²) < 4.78 is 5.27. The number of phenolic OH excluding ortho intramolecular Hbond substituents is 2. The lowest BCUT2D eigenvalue weighted by Crippen LogP contribution is -2.07. The van der Waals surface area contributed by atoms with Gasteiger partial charge in [-0.3, -0.25) is 0 Å². The van der Waals surface area contributed by atoms with Gasteiger partial charge in [0.25, 0.3) is 0 Å². The highest BCUT2D eigenvalue weighted by atomic mass is 16.5. The van der Waals surface area contributed by atoms with E-state index in [1.54, 1.807) is 0 Å². The van der Waals surface area contributed by atoms with Crippen molar-refractivity contribution in [2.24, 2.45) is 0 Å². The summed E-state index contributed by atoms with van der Waals surface area (Å²) >= 11 is 0. The van der Waals surface area contributed by atoms with Crippen molar-refractivity contribution in [3.63, 3.8) is 0 Å². The molecule has 0 saturated heterocycles. The Morgan fingerprint density at radius 1 is 1.16 bits per heavy atom. The van der Waals surface area contributed by atoms with Gasteiger partial charge in [-0.1, -0.05) is 46.1 Å². The fraction of sp³-hybridized carbons (Fsp3) is 0.400. The van der Waals surface area contributed by atoms with Crippen molar-refractivity contribution in [3.8, 4) is 17.2 Å². The standard InChI is InChI=1S/C9H10O3.C5H10.C4H6O2.C2H6/c10-6-4-8(11)7-2-1-3-12-9(7)5-6;1-3-5-4-2;1-3(5)4(2)6;1-2/h4-5,10-11H,1-3H2;3,5H,4H2,1-2H3;5-6H,1-2H2;1-2H3/b;5-3-;;. The summed E-state index contributed by atoms with van der Waals surface area (Å²) in [5, 5.41) is 34.7. The Morgan fingerprint density at radius 2 is 1.72 bits per heavy atom. The van der Waals surface area contributed by atoms with Gasteiger partial charge in [-0.05, 0) is 26.2 Å². The van der Waals surface area contributed by atoms with Crippen LogP contribution in [0, 0.1) is 0 Å². The lowest BCUT2D eigenvalue weighted by atomic mass is 10.1. The molecule has 0 aliphatic carbocycles. The molecule has 0 amide bonds. The quantitative estimate of drug-likeness (QED) is 0.318. The summed E-state index contributed by atoms with van der Waals surface area (Å²) in [5.41, 5.74) is 0.805. The third-order valence-electron chi connectivity index (χ3n) is 2.80. The SMILES string of the molecule is C/C=C\CC.C=C(O)C(=C)O.CC.Oc1cc(O)c2c(c1)OCCC2. The molecule has 0 atom stereocenters. The monoisotopic (exact) mass is 352 g/mol. The van der Waals surface area contributed by atoms with Crippen molar-refractivity contribution in [1.82, 2.24) is 0 Å². The number of rotatable bonds is 2. The second kappa shape index (κ2) is 15.0. The first-order valence-electron chi connectivity index (χ1n) is 8.38. The van der Waals surface area contributed by atoms with Crippen LogP contribution in [0.25, 0.3) is 0 Å². The summed E-state index contributed by atoms with van der Waals surface area (Å²) in [6, 6.07) is 2.88. The Labute approximate surface area is 151 Å². The van der Waals surface area contributed by atoms with E-state index in [0.29, 0.717) is 12.4 Å². The van der Waals surface area contributed by atoms with E-state index in [1.807, 2.05) is 20.8 Å². The van der Waals surface area contributed by atoms with Crippen LogP contribution in [0.5, 0.6) is 17.2 Å². The van der Waals surface area contributed by atoms with Crippen molar-refractivity contribution in [1.29, 1.82) is 0 Å². The number of hydrogen-bond acceptors (Lipinski definition) is 5. The van der Waals surface area contributed by atoms with E-state index in [1.165, 1.54) is 12.1 Å². The average molecular weight is 352 g/mol. The summed E-state index contributed by atoms with van der Waals surface area (Å²) in [7, 11) is 0. The van der Waals surface area contributed by atoms with Crippen molar-refractivity contribution in [3.05, 3.63) is 54.5 Å². The molecule has 0 aromatic heterocycles. The predicted octanol–water partition coefficient (Wildman–Crippen LogP) is 5.55. The van der Waals surface area contributed by atoms with Crippen LogP contribution in [0.4, 0.5) is 0 Å². The van der Waals surface area contributed by atoms with Crippen LogP contribution in [0.15, 0.2) is 49.0 Å². The molecule has 142 valence electrons. The molecular weight excluding hydrogens is 320 g/mol. The first-order valence-corrected chi connectivity index (χ1v) is 8.38. The molecule has 1 aliphatic rings. The Bertz CT molecular complexity index is 535. The number of aromatic hydroxyl groups is 2. The van der Waals surface area contributed by atoms with Crippen LogP contribution in [-0.2, 0) is 6.42 Å². The number of ether oxygens (including phenoxy) is 1. The zero-order valence-electron chi connectivity index (χ0n) is 15.7. The summed E-state index contributed by atoms with van der Waals surface area (Å²) in [6.45, 7) is 14.7. The van der Waals surface area contributed by atoms with Gasteiger partial charge in [-0.15, -0.1) is 0 Å². The molecule has 4 N–H and O–H groups in total. The molecule has 0 saturated carbocycles. The number of fused-ring (bicyclic) bond motifs is 1. The number of allylic oxidation sites excluding steroid dienone is 2. The van der Waals surface area contributed by atoms with Gasteiger partial charge in [0.05, 0.1) is 6.61 Å². The summed E-state index contributed by atoms with van der Waals surface area (Å²) in [4.78, 5) is 0. The summed E-state index contributed by atoms with van der Waals surface area (Å²) in [5.74, 6) is 0.0293. The maximum absolute atomic E-state index is 9.40. The van der Waals surface area contributed by atoms with Crippen LogP contribution in [-0.4, -0.2) is 27.0 Å². The van der Waals surface area contributed by atoms with E-state index in [4.69, 9.17) is 20.1 Å². The van der Waals surface area contributed by atoms with E-state index in [2.05, 4.69) is 32.2 Å². The van der Waals surface area contributed by atoms with Gasteiger partial charge >= 0.3 is 0 Å². The highest BCUT2D eigenvalue weighted by molar-refractivity contribution is 5.50. The lowest BCUT2D eigenvalue weighted by Gasteiger charge is -2.17. The molecule has 0 bridgehead atoms. The Balaban J connectivity index is 0. The van der Waals surface area contributed by atoms with Crippen LogP contribution in [0.3, 0.4) is 0 Å². The number of hydrogen-bond donors (Lipinski definition) is 4. The fourth-order valence-electron chi connectivity index (χ4n) is 1.66. The van der Waals surface area contributed by atoms with Gasteiger partial charge in [-0.25, -0.2) is 0 Å². The zero-order chi connectivity index (χ0) is 19.8. The molecule has 1 aromatic carbocycles. The lowest BCUT2D eigenvalue weighted by molar-refractivity contribution is 0.281. The average Bonchev–Trinajstić information content (AvgIpc) is 2.58. The first kappa shape index (κ1) is 24.7. The summed E-state index contributed by atoms with van der Waals surface area (Å²) in [6.07, 6.45) is 7.09. The van der Waals surface area contributed by atoms with Gasteiger partial charge in [0.1, 0.15) is 28.8 Å². The fourth-order valence-corrected chi connectivity index (χ4v) is 1.66. The van der Waals surface area contributed by atoms with Crippen LogP contribution >= 0.6 is 0 Å². The van der Waals surface area contributed by atoms with E-state index in [0.717, 1.165) is 24.8 Å². The molecule has 0 unspecified atom stereocenters. The highest BCUT2D eigenvalue weighted by Gasteiger charge is 2.15. The minimum atomic E-state index is -0.380. The van der Waals surface area contributed by atoms with E-state index in [9.17, 15) is 5.11 Å². The van der Waals surface area contributed by atoms with Gasteiger partial charge in [0.2, 0.25) is 0 Å². The smallest absolute Gasteiger partial charge is 0.149 e. The first-order chi connectivity index (χ1) is 11.8. The molecule has 0 spiro atoms. The van der Waals surface area contributed by atoms with Crippen LogP contribution in [0.1, 0.15) is 46.1 Å². The minimum Gasteiger partial charge on any atom is -0.508 e. The molecule has 25 heavy (non-hydrogen) atoms. The second-order valence-corrected chi connectivity index (χ2v) is 4.76. The zero-order valence-corrected chi connectivity index (χ0v) is 15.7. The molecule has 5 heteroatoms. The second-order valence-electron chi connectivity index (χ2n) is 4.76.